The lowest BCUT2D eigenvalue weighted by Gasteiger charge is -2.21. The number of carbonyl (C=O) groups is 2. The Labute approximate surface area is 218 Å². The fraction of sp³-hybridized carbons (Fsp3) is 0.222. The molecule has 0 unspecified atom stereocenters. The van der Waals surface area contributed by atoms with Gasteiger partial charge in [-0.1, -0.05) is 47.7 Å². The fourth-order valence-corrected chi connectivity index (χ4v) is 4.49. The summed E-state index contributed by atoms with van der Waals surface area (Å²) in [5, 5.41) is 10.2. The number of aromatic nitrogens is 1. The van der Waals surface area contributed by atoms with Gasteiger partial charge < -0.3 is 24.2 Å². The predicted octanol–water partition coefficient (Wildman–Crippen LogP) is 4.91. The number of methoxy groups -OCH3 is 1. The van der Waals surface area contributed by atoms with Crippen molar-refractivity contribution in [2.24, 2.45) is 0 Å². The number of ether oxygens (including phenoxy) is 3. The molecule has 0 spiro atoms. The maximum absolute atomic E-state index is 12.7. The summed E-state index contributed by atoms with van der Waals surface area (Å²) < 4.78 is 17.6. The number of rotatable bonds is 11. The van der Waals surface area contributed by atoms with Crippen LogP contribution in [0.2, 0.25) is 0 Å². The Morgan fingerprint density at radius 1 is 0.973 bits per heavy atom. The number of benzene rings is 3. The van der Waals surface area contributed by atoms with Crippen molar-refractivity contribution >= 4 is 38.7 Å². The summed E-state index contributed by atoms with van der Waals surface area (Å²) in [5.41, 5.74) is 1.71. The Morgan fingerprint density at radius 2 is 1.68 bits per heavy atom. The number of anilines is 1. The molecule has 0 aliphatic carbocycles. The van der Waals surface area contributed by atoms with Crippen molar-refractivity contribution in [3.05, 3.63) is 78.4 Å². The molecule has 0 atom stereocenters. The normalized spacial score (nSPS) is 10.6. The van der Waals surface area contributed by atoms with Crippen molar-refractivity contribution in [1.29, 1.82) is 0 Å². The molecule has 0 aliphatic heterocycles. The van der Waals surface area contributed by atoms with E-state index in [1.54, 1.807) is 59.9 Å². The zero-order valence-corrected chi connectivity index (χ0v) is 21.3. The van der Waals surface area contributed by atoms with E-state index in [0.29, 0.717) is 24.7 Å². The van der Waals surface area contributed by atoms with E-state index in [0.717, 1.165) is 25.8 Å². The molecule has 0 radical (unpaired) electrons. The summed E-state index contributed by atoms with van der Waals surface area (Å²) in [4.78, 5) is 31.9. The standard InChI is InChI=1S/C27H27N3O6S/c1-29(26-28-21-7-3-6-10-24(21)37-26)15-16-35-20-13-11-19(12-14-20)17-30(18-25(31)32)27(33)36-23-9-5-4-8-22(23)34-2/h3-14H,15-18H2,1-2H3,(H,31,32). The van der Waals surface area contributed by atoms with Gasteiger partial charge >= 0.3 is 12.1 Å². The first-order valence-corrected chi connectivity index (χ1v) is 12.3. The van der Waals surface area contributed by atoms with E-state index in [1.807, 2.05) is 25.2 Å². The topological polar surface area (TPSA) is 101 Å². The number of para-hydroxylation sites is 3. The minimum absolute atomic E-state index is 0.0565. The molecule has 0 fully saturated rings. The minimum atomic E-state index is -1.14. The first kappa shape index (κ1) is 25.8. The van der Waals surface area contributed by atoms with Crippen LogP contribution < -0.4 is 19.1 Å². The van der Waals surface area contributed by atoms with Crippen LogP contribution in [0.3, 0.4) is 0 Å². The number of thiazole rings is 1. The van der Waals surface area contributed by atoms with E-state index in [1.165, 1.54) is 7.11 Å². The number of carbonyl (C=O) groups excluding carboxylic acids is 1. The monoisotopic (exact) mass is 521 g/mol. The average Bonchev–Trinajstić information content (AvgIpc) is 3.34. The molecule has 1 aromatic heterocycles. The largest absolute Gasteiger partial charge is 0.493 e. The molecule has 10 heteroatoms. The molecule has 0 bridgehead atoms. The number of carboxylic acid groups (broad SMARTS) is 1. The van der Waals surface area contributed by atoms with Crippen LogP contribution in [0.5, 0.6) is 17.2 Å². The smallest absolute Gasteiger partial charge is 0.416 e. The molecule has 0 aliphatic rings. The van der Waals surface area contributed by atoms with Gasteiger partial charge in [0.1, 0.15) is 18.9 Å². The third-order valence-corrected chi connectivity index (χ3v) is 6.60. The maximum Gasteiger partial charge on any atom is 0.416 e. The summed E-state index contributed by atoms with van der Waals surface area (Å²) in [6, 6.07) is 21.9. The number of hydrogen-bond acceptors (Lipinski definition) is 8. The lowest BCUT2D eigenvalue weighted by atomic mass is 10.2. The first-order chi connectivity index (χ1) is 17.9. The lowest BCUT2D eigenvalue weighted by Crippen LogP contribution is -2.37. The van der Waals surface area contributed by atoms with Crippen molar-refractivity contribution < 1.29 is 28.9 Å². The lowest BCUT2D eigenvalue weighted by molar-refractivity contribution is -0.138. The predicted molar refractivity (Wildman–Crippen MR) is 142 cm³/mol. The number of aliphatic carboxylic acids is 1. The molecule has 9 nitrogen and oxygen atoms in total. The number of hydrogen-bond donors (Lipinski definition) is 1. The Balaban J connectivity index is 1.32. The van der Waals surface area contributed by atoms with Crippen molar-refractivity contribution in [2.75, 3.05) is 38.8 Å². The van der Waals surface area contributed by atoms with E-state index < -0.39 is 18.6 Å². The summed E-state index contributed by atoms with van der Waals surface area (Å²) >= 11 is 1.64. The van der Waals surface area contributed by atoms with Crippen LogP contribution in [0.1, 0.15) is 5.56 Å². The van der Waals surface area contributed by atoms with Crippen LogP contribution in [0.15, 0.2) is 72.8 Å². The molecule has 0 saturated heterocycles. The summed E-state index contributed by atoms with van der Waals surface area (Å²) in [7, 11) is 3.44. The SMILES string of the molecule is COc1ccccc1OC(=O)N(CC(=O)O)Cc1ccc(OCCN(C)c2nc3ccccc3s2)cc1. The number of amides is 1. The maximum atomic E-state index is 12.7. The van der Waals surface area contributed by atoms with E-state index >= 15 is 0 Å². The van der Waals surface area contributed by atoms with E-state index in [2.05, 4.69) is 16.0 Å². The molecule has 0 saturated carbocycles. The van der Waals surface area contributed by atoms with Crippen LogP contribution >= 0.6 is 11.3 Å². The highest BCUT2D eigenvalue weighted by Crippen LogP contribution is 2.28. The van der Waals surface area contributed by atoms with Crippen molar-refractivity contribution in [2.45, 2.75) is 6.54 Å². The summed E-state index contributed by atoms with van der Waals surface area (Å²) in [5.74, 6) is 0.114. The van der Waals surface area contributed by atoms with Gasteiger partial charge in [-0.25, -0.2) is 9.78 Å². The molecule has 1 heterocycles. The second-order valence-corrected chi connectivity index (χ2v) is 9.16. The number of carboxylic acids is 1. The number of nitrogens with zero attached hydrogens (tertiary/aromatic N) is 3. The van der Waals surface area contributed by atoms with Gasteiger partial charge in [0.2, 0.25) is 0 Å². The Hall–Kier alpha value is -4.31. The molecule has 37 heavy (non-hydrogen) atoms. The molecule has 1 N–H and O–H groups in total. The van der Waals surface area contributed by atoms with Gasteiger partial charge in [-0.05, 0) is 42.0 Å². The van der Waals surface area contributed by atoms with Gasteiger partial charge in [0.25, 0.3) is 0 Å². The van der Waals surface area contributed by atoms with E-state index in [-0.39, 0.29) is 12.3 Å². The number of fused-ring (bicyclic) bond motifs is 1. The molecule has 3 aromatic carbocycles. The summed E-state index contributed by atoms with van der Waals surface area (Å²) in [6.07, 6.45) is -0.787. The van der Waals surface area contributed by atoms with Crippen molar-refractivity contribution in [1.82, 2.24) is 9.88 Å². The molecule has 1 amide bonds. The van der Waals surface area contributed by atoms with E-state index in [4.69, 9.17) is 14.2 Å². The highest BCUT2D eigenvalue weighted by atomic mass is 32.1. The van der Waals surface area contributed by atoms with Crippen molar-refractivity contribution in [3.8, 4) is 17.2 Å². The highest BCUT2D eigenvalue weighted by Gasteiger charge is 2.21. The van der Waals surface area contributed by atoms with E-state index in [9.17, 15) is 14.7 Å². The van der Waals surface area contributed by atoms with Gasteiger partial charge in [0.15, 0.2) is 16.6 Å². The minimum Gasteiger partial charge on any atom is -0.493 e. The molecule has 4 aromatic rings. The molecule has 4 rings (SSSR count). The first-order valence-electron chi connectivity index (χ1n) is 11.5. The van der Waals surface area contributed by atoms with Crippen LogP contribution in [0, 0.1) is 0 Å². The summed E-state index contributed by atoms with van der Waals surface area (Å²) in [6.45, 7) is 0.663. The van der Waals surface area contributed by atoms with Gasteiger partial charge in [-0.3, -0.25) is 9.69 Å². The fourth-order valence-electron chi connectivity index (χ4n) is 3.54. The van der Waals surface area contributed by atoms with Gasteiger partial charge in [-0.2, -0.15) is 0 Å². The second kappa shape index (κ2) is 12.1. The zero-order valence-electron chi connectivity index (χ0n) is 20.5. The number of likely N-dealkylation sites (N-methyl/N-ethyl adjacent to an activating group) is 1. The van der Waals surface area contributed by atoms with Crippen LogP contribution in [-0.2, 0) is 11.3 Å². The average molecular weight is 522 g/mol. The van der Waals surface area contributed by atoms with Gasteiger partial charge in [0, 0.05) is 13.6 Å². The molecule has 192 valence electrons. The Morgan fingerprint density at radius 3 is 2.38 bits per heavy atom. The molecular weight excluding hydrogens is 494 g/mol. The highest BCUT2D eigenvalue weighted by molar-refractivity contribution is 7.22. The third-order valence-electron chi connectivity index (χ3n) is 5.45. The van der Waals surface area contributed by atoms with Crippen LogP contribution in [-0.4, -0.2) is 60.9 Å². The van der Waals surface area contributed by atoms with Gasteiger partial charge in [-0.15, -0.1) is 0 Å². The second-order valence-electron chi connectivity index (χ2n) is 8.15. The van der Waals surface area contributed by atoms with Crippen molar-refractivity contribution in [3.63, 3.8) is 0 Å². The quantitative estimate of drug-likeness (QED) is 0.297. The zero-order chi connectivity index (χ0) is 26.2. The van der Waals surface area contributed by atoms with Crippen LogP contribution in [0.25, 0.3) is 10.2 Å². The van der Waals surface area contributed by atoms with Gasteiger partial charge in [0.05, 0.1) is 23.9 Å². The van der Waals surface area contributed by atoms with Crippen LogP contribution in [0.4, 0.5) is 9.93 Å². The third kappa shape index (κ3) is 6.89. The Bertz CT molecular complexity index is 1320. The molecular formula is C27H27N3O6S. The Kier molecular flexibility index (Phi) is 8.42.